The zero-order valence-corrected chi connectivity index (χ0v) is 12.4. The van der Waals surface area contributed by atoms with Gasteiger partial charge in [-0.15, -0.1) is 0 Å². The van der Waals surface area contributed by atoms with E-state index in [0.29, 0.717) is 0 Å². The van der Waals surface area contributed by atoms with E-state index in [9.17, 15) is 4.79 Å². The summed E-state index contributed by atoms with van der Waals surface area (Å²) < 4.78 is 0. The molecule has 108 valence electrons. The second-order valence-corrected chi connectivity index (χ2v) is 5.93. The highest BCUT2D eigenvalue weighted by atomic mass is 16.2. The molecule has 1 amide bonds. The maximum absolute atomic E-state index is 12.7. The lowest BCUT2D eigenvalue weighted by Gasteiger charge is -2.18. The third-order valence-corrected chi connectivity index (χ3v) is 4.37. The molecule has 0 atom stereocenters. The van der Waals surface area contributed by atoms with Gasteiger partial charge in [-0.25, -0.2) is 0 Å². The van der Waals surface area contributed by atoms with Crippen LogP contribution in [-0.2, 0) is 10.2 Å². The molecule has 1 fully saturated rings. The molecule has 2 aromatic rings. The Kier molecular flexibility index (Phi) is 3.20. The van der Waals surface area contributed by atoms with Gasteiger partial charge in [-0.3, -0.25) is 4.79 Å². The summed E-state index contributed by atoms with van der Waals surface area (Å²) in [6.07, 6.45) is 1.79. The van der Waals surface area contributed by atoms with Crippen molar-refractivity contribution >= 4 is 17.3 Å². The van der Waals surface area contributed by atoms with Crippen molar-refractivity contribution in [3.63, 3.8) is 0 Å². The van der Waals surface area contributed by atoms with Crippen LogP contribution in [0.3, 0.4) is 0 Å². The predicted octanol–water partition coefficient (Wildman–Crippen LogP) is 3.56. The van der Waals surface area contributed by atoms with Gasteiger partial charge in [-0.05, 0) is 55.5 Å². The van der Waals surface area contributed by atoms with Crippen molar-refractivity contribution in [3.8, 4) is 0 Å². The lowest BCUT2D eigenvalue weighted by atomic mass is 9.94. The van der Waals surface area contributed by atoms with Gasteiger partial charge in [0.25, 0.3) is 0 Å². The maximum atomic E-state index is 12.7. The molecule has 3 N–H and O–H groups in total. The highest BCUT2D eigenvalue weighted by Crippen LogP contribution is 2.49. The Hall–Kier alpha value is -2.29. The minimum absolute atomic E-state index is 0.0877. The number of carbonyl (C=O) groups excluding carboxylic acids is 1. The molecule has 0 radical (unpaired) electrons. The summed E-state index contributed by atoms with van der Waals surface area (Å²) in [4.78, 5) is 12.7. The molecule has 21 heavy (non-hydrogen) atoms. The van der Waals surface area contributed by atoms with E-state index in [-0.39, 0.29) is 11.3 Å². The van der Waals surface area contributed by atoms with E-state index in [0.717, 1.165) is 40.9 Å². The van der Waals surface area contributed by atoms with Crippen LogP contribution < -0.4 is 11.1 Å². The van der Waals surface area contributed by atoms with Crippen LogP contribution >= 0.6 is 0 Å². The number of anilines is 2. The number of hydrogen-bond donors (Lipinski definition) is 2. The number of nitrogen functional groups attached to an aromatic ring is 1. The summed E-state index contributed by atoms with van der Waals surface area (Å²) in [5, 5.41) is 3.12. The minimum Gasteiger partial charge on any atom is -0.399 e. The molecule has 3 rings (SSSR count). The summed E-state index contributed by atoms with van der Waals surface area (Å²) in [5.74, 6) is 0.0877. The molecule has 0 heterocycles. The molecule has 3 heteroatoms. The van der Waals surface area contributed by atoms with Gasteiger partial charge < -0.3 is 11.1 Å². The smallest absolute Gasteiger partial charge is 0.235 e. The predicted molar refractivity (Wildman–Crippen MR) is 86.3 cm³/mol. The van der Waals surface area contributed by atoms with Crippen molar-refractivity contribution < 1.29 is 4.79 Å². The Balaban J connectivity index is 1.87. The lowest BCUT2D eigenvalue weighted by molar-refractivity contribution is -0.118. The first kappa shape index (κ1) is 13.7. The second kappa shape index (κ2) is 4.92. The number of amides is 1. The molecule has 2 aromatic carbocycles. The van der Waals surface area contributed by atoms with Crippen molar-refractivity contribution in [3.05, 3.63) is 59.2 Å². The van der Waals surface area contributed by atoms with Crippen molar-refractivity contribution in [2.24, 2.45) is 0 Å². The number of para-hydroxylation sites is 1. The number of nitrogens with two attached hydrogens (primary N) is 1. The topological polar surface area (TPSA) is 55.1 Å². The fourth-order valence-electron chi connectivity index (χ4n) is 2.82. The van der Waals surface area contributed by atoms with E-state index in [4.69, 9.17) is 5.73 Å². The van der Waals surface area contributed by atoms with Crippen LogP contribution in [0.5, 0.6) is 0 Å². The zero-order chi connectivity index (χ0) is 15.0. The number of carbonyl (C=O) groups is 1. The lowest BCUT2D eigenvalue weighted by Crippen LogP contribution is -2.28. The molecular weight excluding hydrogens is 260 g/mol. The Morgan fingerprint density at radius 1 is 1.05 bits per heavy atom. The van der Waals surface area contributed by atoms with Crippen LogP contribution in [0.25, 0.3) is 0 Å². The molecule has 1 aliphatic carbocycles. The average molecular weight is 280 g/mol. The number of aryl methyl sites for hydroxylation is 2. The zero-order valence-electron chi connectivity index (χ0n) is 12.4. The minimum atomic E-state index is -0.373. The first-order chi connectivity index (χ1) is 10.0. The molecule has 0 saturated heterocycles. The van der Waals surface area contributed by atoms with Gasteiger partial charge in [0.2, 0.25) is 5.91 Å². The van der Waals surface area contributed by atoms with Crippen LogP contribution in [-0.4, -0.2) is 5.91 Å². The molecule has 0 bridgehead atoms. The van der Waals surface area contributed by atoms with Gasteiger partial charge >= 0.3 is 0 Å². The molecule has 0 aromatic heterocycles. The molecular formula is C18H20N2O. The number of hydrogen-bond acceptors (Lipinski definition) is 2. The van der Waals surface area contributed by atoms with Gasteiger partial charge in [0.05, 0.1) is 5.41 Å². The van der Waals surface area contributed by atoms with E-state index < -0.39 is 0 Å². The quantitative estimate of drug-likeness (QED) is 0.845. The van der Waals surface area contributed by atoms with Crippen LogP contribution in [0.1, 0.15) is 29.5 Å². The van der Waals surface area contributed by atoms with E-state index in [1.165, 1.54) is 0 Å². The van der Waals surface area contributed by atoms with Crippen molar-refractivity contribution in [2.45, 2.75) is 32.1 Å². The molecule has 1 saturated carbocycles. The number of benzene rings is 2. The highest BCUT2D eigenvalue weighted by molar-refractivity contribution is 6.02. The fraction of sp³-hybridized carbons (Fsp3) is 0.278. The summed E-state index contributed by atoms with van der Waals surface area (Å²) in [7, 11) is 0. The summed E-state index contributed by atoms with van der Waals surface area (Å²) in [6, 6.07) is 13.7. The third kappa shape index (κ3) is 2.40. The normalized spacial score (nSPS) is 15.5. The highest BCUT2D eigenvalue weighted by Gasteiger charge is 2.51. The van der Waals surface area contributed by atoms with E-state index in [1.807, 2.05) is 56.3 Å². The fourth-order valence-corrected chi connectivity index (χ4v) is 2.82. The van der Waals surface area contributed by atoms with Crippen LogP contribution in [0.4, 0.5) is 11.4 Å². The van der Waals surface area contributed by atoms with Crippen LogP contribution in [0, 0.1) is 13.8 Å². The van der Waals surface area contributed by atoms with Gasteiger partial charge in [-0.1, -0.05) is 30.3 Å². The Morgan fingerprint density at radius 2 is 1.62 bits per heavy atom. The van der Waals surface area contributed by atoms with E-state index in [2.05, 4.69) is 5.32 Å². The summed E-state index contributed by atoms with van der Waals surface area (Å²) in [5.41, 5.74) is 10.3. The van der Waals surface area contributed by atoms with Crippen molar-refractivity contribution in [1.29, 1.82) is 0 Å². The number of nitrogens with one attached hydrogen (secondary N) is 1. The van der Waals surface area contributed by atoms with Gasteiger partial charge in [0, 0.05) is 11.4 Å². The SMILES string of the molecule is Cc1cccc(C)c1NC(=O)C1(c2ccc(N)cc2)CC1. The molecule has 3 nitrogen and oxygen atoms in total. The van der Waals surface area contributed by atoms with E-state index in [1.54, 1.807) is 0 Å². The Bertz CT molecular complexity index is 665. The first-order valence-corrected chi connectivity index (χ1v) is 7.27. The third-order valence-electron chi connectivity index (χ3n) is 4.37. The molecule has 0 aliphatic heterocycles. The molecule has 0 spiro atoms. The van der Waals surface area contributed by atoms with Crippen molar-refractivity contribution in [1.82, 2.24) is 0 Å². The Morgan fingerprint density at radius 3 is 2.14 bits per heavy atom. The molecule has 1 aliphatic rings. The number of rotatable bonds is 3. The van der Waals surface area contributed by atoms with Crippen molar-refractivity contribution in [2.75, 3.05) is 11.1 Å². The summed E-state index contributed by atoms with van der Waals surface area (Å²) in [6.45, 7) is 4.04. The molecule has 0 unspecified atom stereocenters. The second-order valence-electron chi connectivity index (χ2n) is 5.93. The maximum Gasteiger partial charge on any atom is 0.235 e. The monoisotopic (exact) mass is 280 g/mol. The van der Waals surface area contributed by atoms with Gasteiger partial charge in [-0.2, -0.15) is 0 Å². The van der Waals surface area contributed by atoms with E-state index >= 15 is 0 Å². The van der Waals surface area contributed by atoms with Gasteiger partial charge in [0.1, 0.15) is 0 Å². The Labute approximate surface area is 125 Å². The van der Waals surface area contributed by atoms with Crippen LogP contribution in [0.2, 0.25) is 0 Å². The first-order valence-electron chi connectivity index (χ1n) is 7.27. The largest absolute Gasteiger partial charge is 0.399 e. The summed E-state index contributed by atoms with van der Waals surface area (Å²) >= 11 is 0. The van der Waals surface area contributed by atoms with Gasteiger partial charge in [0.15, 0.2) is 0 Å². The average Bonchev–Trinajstić information content (AvgIpc) is 3.25. The standard InChI is InChI=1S/C18H20N2O/c1-12-4-3-5-13(2)16(12)20-17(21)18(10-11-18)14-6-8-15(19)9-7-14/h3-9H,10-11,19H2,1-2H3,(H,20,21). The van der Waals surface area contributed by atoms with Crippen LogP contribution in [0.15, 0.2) is 42.5 Å².